The highest BCUT2D eigenvalue weighted by atomic mass is 16.3. The lowest BCUT2D eigenvalue weighted by Crippen LogP contribution is -2.37. The molecule has 4 heteroatoms. The van der Waals surface area contributed by atoms with E-state index >= 15 is 0 Å². The predicted molar refractivity (Wildman–Crippen MR) is 73.3 cm³/mol. The standard InChI is InChI=1S/C14H28N2O2/c1-11(2)7-8-16-14(18)10-15-9-12-3-5-13(17)6-4-12/h11-13,15,17H,3-10H2,1-2H3,(H,16,18). The number of aliphatic hydroxyl groups is 1. The average molecular weight is 256 g/mol. The molecule has 1 fully saturated rings. The first kappa shape index (κ1) is 15.4. The van der Waals surface area contributed by atoms with Crippen LogP contribution in [0.25, 0.3) is 0 Å². The van der Waals surface area contributed by atoms with Crippen molar-refractivity contribution in [2.75, 3.05) is 19.6 Å². The first-order chi connectivity index (χ1) is 8.58. The Balaban J connectivity index is 1.98. The molecule has 1 rings (SSSR count). The van der Waals surface area contributed by atoms with Gasteiger partial charge in [0.05, 0.1) is 12.6 Å². The molecule has 1 saturated carbocycles. The smallest absolute Gasteiger partial charge is 0.233 e. The molecule has 1 aliphatic carbocycles. The maximum atomic E-state index is 11.5. The van der Waals surface area contributed by atoms with Gasteiger partial charge in [0.15, 0.2) is 0 Å². The van der Waals surface area contributed by atoms with E-state index in [4.69, 9.17) is 0 Å². The molecular weight excluding hydrogens is 228 g/mol. The molecule has 0 aromatic heterocycles. The molecule has 0 unspecified atom stereocenters. The quantitative estimate of drug-likeness (QED) is 0.643. The zero-order valence-corrected chi connectivity index (χ0v) is 11.7. The Bertz CT molecular complexity index is 236. The van der Waals surface area contributed by atoms with Crippen LogP contribution in [0.1, 0.15) is 46.0 Å². The van der Waals surface area contributed by atoms with Gasteiger partial charge in [0.2, 0.25) is 5.91 Å². The van der Waals surface area contributed by atoms with Crippen molar-refractivity contribution in [3.63, 3.8) is 0 Å². The minimum absolute atomic E-state index is 0.0893. The molecule has 0 radical (unpaired) electrons. The summed E-state index contributed by atoms with van der Waals surface area (Å²) in [5, 5.41) is 15.5. The Morgan fingerprint density at radius 2 is 1.94 bits per heavy atom. The van der Waals surface area contributed by atoms with Gasteiger partial charge in [-0.15, -0.1) is 0 Å². The van der Waals surface area contributed by atoms with Crippen LogP contribution in [0.5, 0.6) is 0 Å². The predicted octanol–water partition coefficient (Wildman–Crippen LogP) is 1.29. The summed E-state index contributed by atoms with van der Waals surface area (Å²) in [6.45, 7) is 6.39. The third kappa shape index (κ3) is 6.97. The maximum Gasteiger partial charge on any atom is 0.233 e. The van der Waals surface area contributed by atoms with Crippen LogP contribution in [-0.4, -0.2) is 36.8 Å². The molecule has 1 aliphatic rings. The van der Waals surface area contributed by atoms with Crippen molar-refractivity contribution in [1.29, 1.82) is 0 Å². The van der Waals surface area contributed by atoms with E-state index in [0.29, 0.717) is 18.4 Å². The van der Waals surface area contributed by atoms with Crippen molar-refractivity contribution in [2.24, 2.45) is 11.8 Å². The van der Waals surface area contributed by atoms with E-state index in [-0.39, 0.29) is 12.0 Å². The van der Waals surface area contributed by atoms with Gasteiger partial charge in [-0.05, 0) is 50.5 Å². The van der Waals surface area contributed by atoms with Gasteiger partial charge in [-0.1, -0.05) is 13.8 Å². The molecular formula is C14H28N2O2. The lowest BCUT2D eigenvalue weighted by atomic mass is 9.87. The van der Waals surface area contributed by atoms with Gasteiger partial charge in [0.25, 0.3) is 0 Å². The van der Waals surface area contributed by atoms with E-state index in [2.05, 4.69) is 24.5 Å². The Kier molecular flexibility index (Phi) is 7.28. The minimum Gasteiger partial charge on any atom is -0.393 e. The van der Waals surface area contributed by atoms with E-state index in [1.165, 1.54) is 0 Å². The fourth-order valence-electron chi connectivity index (χ4n) is 2.30. The summed E-state index contributed by atoms with van der Waals surface area (Å²) in [4.78, 5) is 11.5. The third-order valence-corrected chi connectivity index (χ3v) is 3.58. The van der Waals surface area contributed by atoms with Crippen LogP contribution >= 0.6 is 0 Å². The number of hydrogen-bond donors (Lipinski definition) is 3. The topological polar surface area (TPSA) is 61.4 Å². The lowest BCUT2D eigenvalue weighted by Gasteiger charge is -2.25. The molecule has 0 atom stereocenters. The Hall–Kier alpha value is -0.610. The molecule has 106 valence electrons. The van der Waals surface area contributed by atoms with Crippen molar-refractivity contribution in [3.05, 3.63) is 0 Å². The largest absolute Gasteiger partial charge is 0.393 e. The fraction of sp³-hybridized carbons (Fsp3) is 0.929. The first-order valence-corrected chi connectivity index (χ1v) is 7.23. The van der Waals surface area contributed by atoms with Crippen molar-refractivity contribution >= 4 is 5.91 Å². The Labute approximate surface area is 111 Å². The second-order valence-electron chi connectivity index (χ2n) is 5.84. The summed E-state index contributed by atoms with van der Waals surface area (Å²) in [6.07, 6.45) is 4.90. The number of aliphatic hydroxyl groups excluding tert-OH is 1. The summed E-state index contributed by atoms with van der Waals surface area (Å²) >= 11 is 0. The third-order valence-electron chi connectivity index (χ3n) is 3.58. The fourth-order valence-corrected chi connectivity index (χ4v) is 2.30. The van der Waals surface area contributed by atoms with Gasteiger partial charge < -0.3 is 15.7 Å². The van der Waals surface area contributed by atoms with Gasteiger partial charge in [0, 0.05) is 6.54 Å². The number of amides is 1. The van der Waals surface area contributed by atoms with Crippen LogP contribution in [0.2, 0.25) is 0 Å². The lowest BCUT2D eigenvalue weighted by molar-refractivity contribution is -0.120. The minimum atomic E-state index is -0.0967. The van der Waals surface area contributed by atoms with Crippen LogP contribution in [0.3, 0.4) is 0 Å². The van der Waals surface area contributed by atoms with Crippen molar-refractivity contribution in [3.8, 4) is 0 Å². The Morgan fingerprint density at radius 3 is 2.56 bits per heavy atom. The van der Waals surface area contributed by atoms with Crippen LogP contribution in [0.15, 0.2) is 0 Å². The summed E-state index contributed by atoms with van der Waals surface area (Å²) in [5.74, 6) is 1.34. The SMILES string of the molecule is CC(C)CCNC(=O)CNCC1CCC(O)CC1. The molecule has 4 nitrogen and oxygen atoms in total. The first-order valence-electron chi connectivity index (χ1n) is 7.23. The highest BCUT2D eigenvalue weighted by Gasteiger charge is 2.18. The molecule has 0 aromatic rings. The second-order valence-corrected chi connectivity index (χ2v) is 5.84. The normalized spacial score (nSPS) is 24.2. The molecule has 0 aromatic carbocycles. The second kappa shape index (κ2) is 8.48. The van der Waals surface area contributed by atoms with Gasteiger partial charge in [-0.25, -0.2) is 0 Å². The number of nitrogens with one attached hydrogen (secondary N) is 2. The van der Waals surface area contributed by atoms with Crippen LogP contribution in [0.4, 0.5) is 0 Å². The zero-order chi connectivity index (χ0) is 13.4. The Morgan fingerprint density at radius 1 is 1.28 bits per heavy atom. The summed E-state index contributed by atoms with van der Waals surface area (Å²) in [5.41, 5.74) is 0. The van der Waals surface area contributed by atoms with Crippen molar-refractivity contribution in [1.82, 2.24) is 10.6 Å². The van der Waals surface area contributed by atoms with Gasteiger partial charge in [-0.2, -0.15) is 0 Å². The van der Waals surface area contributed by atoms with Crippen LogP contribution < -0.4 is 10.6 Å². The van der Waals surface area contributed by atoms with Crippen molar-refractivity contribution < 1.29 is 9.90 Å². The molecule has 18 heavy (non-hydrogen) atoms. The molecule has 0 bridgehead atoms. The number of rotatable bonds is 7. The van der Waals surface area contributed by atoms with E-state index in [1.807, 2.05) is 0 Å². The van der Waals surface area contributed by atoms with Crippen molar-refractivity contribution in [2.45, 2.75) is 52.1 Å². The molecule has 0 spiro atoms. The highest BCUT2D eigenvalue weighted by molar-refractivity contribution is 5.77. The molecule has 3 N–H and O–H groups in total. The zero-order valence-electron chi connectivity index (χ0n) is 11.7. The van der Waals surface area contributed by atoms with E-state index < -0.39 is 0 Å². The summed E-state index contributed by atoms with van der Waals surface area (Å²) in [7, 11) is 0. The van der Waals surface area contributed by atoms with E-state index in [0.717, 1.165) is 45.2 Å². The molecule has 0 aliphatic heterocycles. The number of carbonyl (C=O) groups excluding carboxylic acids is 1. The van der Waals surface area contributed by atoms with Gasteiger partial charge >= 0.3 is 0 Å². The van der Waals surface area contributed by atoms with Gasteiger partial charge in [-0.3, -0.25) is 4.79 Å². The summed E-state index contributed by atoms with van der Waals surface area (Å²) < 4.78 is 0. The van der Waals surface area contributed by atoms with Crippen LogP contribution in [0, 0.1) is 11.8 Å². The monoisotopic (exact) mass is 256 g/mol. The molecule has 0 saturated heterocycles. The summed E-state index contributed by atoms with van der Waals surface area (Å²) in [6, 6.07) is 0. The molecule has 0 heterocycles. The molecule has 1 amide bonds. The number of carbonyl (C=O) groups is 1. The maximum absolute atomic E-state index is 11.5. The highest BCUT2D eigenvalue weighted by Crippen LogP contribution is 2.23. The van der Waals surface area contributed by atoms with E-state index in [9.17, 15) is 9.90 Å². The van der Waals surface area contributed by atoms with Crippen LogP contribution in [-0.2, 0) is 4.79 Å². The van der Waals surface area contributed by atoms with E-state index in [1.54, 1.807) is 0 Å². The number of hydrogen-bond acceptors (Lipinski definition) is 3. The average Bonchev–Trinajstić information content (AvgIpc) is 2.31. The van der Waals surface area contributed by atoms with Gasteiger partial charge in [0.1, 0.15) is 0 Å².